The highest BCUT2D eigenvalue weighted by molar-refractivity contribution is 7.90. The molecule has 1 aromatic heterocycles. The van der Waals surface area contributed by atoms with Crippen molar-refractivity contribution in [3.63, 3.8) is 0 Å². The summed E-state index contributed by atoms with van der Waals surface area (Å²) in [6.45, 7) is 0. The van der Waals surface area contributed by atoms with E-state index in [9.17, 15) is 13.2 Å². The van der Waals surface area contributed by atoms with Crippen LogP contribution in [0.25, 0.3) is 0 Å². The lowest BCUT2D eigenvalue weighted by Gasteiger charge is -2.12. The Balaban J connectivity index is 1.72. The monoisotopic (exact) mass is 345 g/mol. The summed E-state index contributed by atoms with van der Waals surface area (Å²) in [7, 11) is -3.45. The van der Waals surface area contributed by atoms with E-state index in [0.29, 0.717) is 12.1 Å². The van der Waals surface area contributed by atoms with E-state index < -0.39 is 21.8 Å². The van der Waals surface area contributed by atoms with Crippen molar-refractivity contribution in [1.29, 1.82) is 0 Å². The first-order valence-corrected chi connectivity index (χ1v) is 9.07. The van der Waals surface area contributed by atoms with Crippen LogP contribution < -0.4 is 5.32 Å². The Kier molecular flexibility index (Phi) is 4.30. The highest BCUT2D eigenvalue weighted by Gasteiger charge is 2.29. The molecule has 0 bridgehead atoms. The van der Waals surface area contributed by atoms with E-state index in [1.165, 1.54) is 12.1 Å². The molecule has 8 heteroatoms. The average molecular weight is 345 g/mol. The molecule has 1 aliphatic rings. The zero-order valence-electron chi connectivity index (χ0n) is 12.8. The van der Waals surface area contributed by atoms with Gasteiger partial charge in [0.25, 0.3) is 5.91 Å². The Bertz CT molecular complexity index is 895. The fourth-order valence-electron chi connectivity index (χ4n) is 2.33. The minimum Gasteiger partial charge on any atom is -0.382 e. The Labute approximate surface area is 139 Å². The molecule has 3 rings (SSSR count). The molecule has 0 aliphatic carbocycles. The molecule has 7 nitrogen and oxygen atoms in total. The molecule has 0 spiro atoms. The van der Waals surface area contributed by atoms with Crippen LogP contribution >= 0.6 is 0 Å². The Hall–Kier alpha value is -2.74. The number of anilines is 1. The molecule has 0 saturated carbocycles. The second kappa shape index (κ2) is 6.40. The first-order chi connectivity index (χ1) is 11.4. The lowest BCUT2D eigenvalue weighted by Crippen LogP contribution is -2.28. The van der Waals surface area contributed by atoms with Crippen molar-refractivity contribution < 1.29 is 18.0 Å². The highest BCUT2D eigenvalue weighted by atomic mass is 32.2. The third kappa shape index (κ3) is 3.43. The van der Waals surface area contributed by atoms with Crippen molar-refractivity contribution in [2.24, 2.45) is 5.16 Å². The van der Waals surface area contributed by atoms with Crippen LogP contribution in [-0.4, -0.2) is 37.4 Å². The summed E-state index contributed by atoms with van der Waals surface area (Å²) in [5.74, 6) is -0.450. The van der Waals surface area contributed by atoms with Crippen molar-refractivity contribution in [2.45, 2.75) is 17.4 Å². The molecular weight excluding hydrogens is 330 g/mol. The quantitative estimate of drug-likeness (QED) is 0.908. The molecule has 124 valence electrons. The highest BCUT2D eigenvalue weighted by Crippen LogP contribution is 2.23. The van der Waals surface area contributed by atoms with Gasteiger partial charge in [-0.3, -0.25) is 9.78 Å². The molecular formula is C16H15N3O4S. The Morgan fingerprint density at radius 1 is 1.25 bits per heavy atom. The maximum absolute atomic E-state index is 12.4. The van der Waals surface area contributed by atoms with Crippen LogP contribution in [0.15, 0.2) is 58.8 Å². The topological polar surface area (TPSA) is 97.7 Å². The number of hydrogen-bond acceptors (Lipinski definition) is 6. The normalized spacial score (nSPS) is 17.0. The maximum atomic E-state index is 12.4. The predicted octanol–water partition coefficient (Wildman–Crippen LogP) is 1.62. The summed E-state index contributed by atoms with van der Waals surface area (Å²) in [6.07, 6.45) is 3.85. The van der Waals surface area contributed by atoms with Gasteiger partial charge in [0.2, 0.25) is 6.10 Å². The van der Waals surface area contributed by atoms with E-state index >= 15 is 0 Å². The summed E-state index contributed by atoms with van der Waals surface area (Å²) >= 11 is 0. The third-order valence-electron chi connectivity index (χ3n) is 3.50. The molecule has 2 heterocycles. The van der Waals surface area contributed by atoms with Crippen LogP contribution in [0.4, 0.5) is 5.69 Å². The number of para-hydroxylation sites is 1. The number of pyridine rings is 1. The molecule has 1 aliphatic heterocycles. The Morgan fingerprint density at radius 3 is 2.75 bits per heavy atom. The van der Waals surface area contributed by atoms with Gasteiger partial charge in [0.1, 0.15) is 0 Å². The zero-order chi connectivity index (χ0) is 17.2. The van der Waals surface area contributed by atoms with Crippen LogP contribution in [0.3, 0.4) is 0 Å². The number of oxime groups is 1. The number of benzene rings is 1. The first-order valence-electron chi connectivity index (χ1n) is 7.18. The van der Waals surface area contributed by atoms with Crippen LogP contribution in [0.2, 0.25) is 0 Å². The lowest BCUT2D eigenvalue weighted by molar-refractivity contribution is -0.125. The molecule has 0 radical (unpaired) electrons. The van der Waals surface area contributed by atoms with Gasteiger partial charge >= 0.3 is 0 Å². The number of nitrogens with one attached hydrogen (secondary N) is 1. The summed E-state index contributed by atoms with van der Waals surface area (Å²) in [4.78, 5) is 21.6. The Morgan fingerprint density at radius 2 is 2.04 bits per heavy atom. The minimum atomic E-state index is -3.45. The number of carbonyl (C=O) groups is 1. The summed E-state index contributed by atoms with van der Waals surface area (Å²) < 4.78 is 23.6. The molecule has 0 fully saturated rings. The SMILES string of the molecule is CS(=O)(=O)c1ccccc1NC(=O)C1CC(c2cccnc2)=NO1. The van der Waals surface area contributed by atoms with E-state index in [-0.39, 0.29) is 10.6 Å². The number of rotatable bonds is 4. The van der Waals surface area contributed by atoms with Gasteiger partial charge in [-0.25, -0.2) is 8.42 Å². The van der Waals surface area contributed by atoms with Crippen LogP contribution in [0, 0.1) is 0 Å². The van der Waals surface area contributed by atoms with Crippen molar-refractivity contribution in [3.8, 4) is 0 Å². The number of sulfone groups is 1. The molecule has 24 heavy (non-hydrogen) atoms. The fourth-order valence-corrected chi connectivity index (χ4v) is 3.17. The van der Waals surface area contributed by atoms with Crippen molar-refractivity contribution >= 4 is 27.1 Å². The summed E-state index contributed by atoms with van der Waals surface area (Å²) in [6, 6.07) is 9.82. The van der Waals surface area contributed by atoms with E-state index in [4.69, 9.17) is 4.84 Å². The largest absolute Gasteiger partial charge is 0.382 e. The number of nitrogens with zero attached hydrogens (tertiary/aromatic N) is 2. The maximum Gasteiger partial charge on any atom is 0.268 e. The lowest BCUT2D eigenvalue weighted by atomic mass is 10.1. The molecule has 2 aromatic rings. The van der Waals surface area contributed by atoms with E-state index in [2.05, 4.69) is 15.5 Å². The standard InChI is InChI=1S/C16H15N3O4S/c1-24(21,22)15-7-3-2-6-12(15)18-16(20)14-9-13(19-23-14)11-5-4-8-17-10-11/h2-8,10,14H,9H2,1H3,(H,18,20). The third-order valence-corrected chi connectivity index (χ3v) is 4.66. The van der Waals surface area contributed by atoms with Gasteiger partial charge in [0.15, 0.2) is 9.84 Å². The van der Waals surface area contributed by atoms with Gasteiger partial charge in [0, 0.05) is 30.6 Å². The molecule has 1 N–H and O–H groups in total. The second-order valence-corrected chi connectivity index (χ2v) is 7.32. The van der Waals surface area contributed by atoms with Crippen molar-refractivity contribution in [3.05, 3.63) is 54.4 Å². The summed E-state index contributed by atoms with van der Waals surface area (Å²) in [5, 5.41) is 6.52. The molecule has 1 aromatic carbocycles. The fraction of sp³-hybridized carbons (Fsp3) is 0.188. The molecule has 1 amide bonds. The summed E-state index contributed by atoms with van der Waals surface area (Å²) in [5.41, 5.74) is 1.63. The van der Waals surface area contributed by atoms with Gasteiger partial charge in [-0.05, 0) is 24.3 Å². The van der Waals surface area contributed by atoms with Gasteiger partial charge in [-0.1, -0.05) is 17.3 Å². The van der Waals surface area contributed by atoms with E-state index in [1.54, 1.807) is 30.6 Å². The molecule has 0 saturated heterocycles. The van der Waals surface area contributed by atoms with Crippen LogP contribution in [0.1, 0.15) is 12.0 Å². The van der Waals surface area contributed by atoms with Crippen molar-refractivity contribution in [1.82, 2.24) is 4.98 Å². The van der Waals surface area contributed by atoms with Crippen molar-refractivity contribution in [2.75, 3.05) is 11.6 Å². The van der Waals surface area contributed by atoms with Gasteiger partial charge in [-0.15, -0.1) is 0 Å². The van der Waals surface area contributed by atoms with Crippen LogP contribution in [0.5, 0.6) is 0 Å². The predicted molar refractivity (Wildman–Crippen MR) is 88.4 cm³/mol. The zero-order valence-corrected chi connectivity index (χ0v) is 13.7. The van der Waals surface area contributed by atoms with Gasteiger partial charge in [0.05, 0.1) is 16.3 Å². The van der Waals surface area contributed by atoms with Crippen LogP contribution in [-0.2, 0) is 19.5 Å². The second-order valence-electron chi connectivity index (χ2n) is 5.34. The molecule has 1 atom stereocenters. The smallest absolute Gasteiger partial charge is 0.268 e. The average Bonchev–Trinajstić information content (AvgIpc) is 3.05. The number of hydrogen-bond donors (Lipinski definition) is 1. The number of aromatic nitrogens is 1. The van der Waals surface area contributed by atoms with Gasteiger partial charge < -0.3 is 10.2 Å². The van der Waals surface area contributed by atoms with Gasteiger partial charge in [-0.2, -0.15) is 0 Å². The van der Waals surface area contributed by atoms with E-state index in [1.807, 2.05) is 6.07 Å². The van der Waals surface area contributed by atoms with E-state index in [0.717, 1.165) is 11.8 Å². The minimum absolute atomic E-state index is 0.0600. The first kappa shape index (κ1) is 16.1. The molecule has 1 unspecified atom stereocenters. The number of amides is 1. The number of carbonyl (C=O) groups excluding carboxylic acids is 1.